The molecule has 0 radical (unpaired) electrons. The molecular weight excluding hydrogens is 252 g/mol. The number of carboxylic acids is 1. The van der Waals surface area contributed by atoms with E-state index in [0.29, 0.717) is 16.5 Å². The lowest BCUT2D eigenvalue weighted by atomic mass is 10.2. The molecule has 96 valence electrons. The number of hydrogen-bond acceptors (Lipinski definition) is 5. The summed E-state index contributed by atoms with van der Waals surface area (Å²) < 4.78 is 5.84. The van der Waals surface area contributed by atoms with Crippen LogP contribution in [-0.4, -0.2) is 25.2 Å². The van der Waals surface area contributed by atoms with Crippen LogP contribution in [0, 0.1) is 6.92 Å². The van der Waals surface area contributed by atoms with Gasteiger partial charge >= 0.3 is 5.97 Å². The van der Waals surface area contributed by atoms with Gasteiger partial charge in [-0.05, 0) is 32.3 Å². The van der Waals surface area contributed by atoms with Crippen molar-refractivity contribution in [2.24, 2.45) is 0 Å². The molecule has 0 aromatic carbocycles. The Bertz CT molecular complexity index is 573. The highest BCUT2D eigenvalue weighted by molar-refractivity contribution is 7.10. The van der Waals surface area contributed by atoms with Gasteiger partial charge in [0.1, 0.15) is 10.6 Å². The second-order valence-electron chi connectivity index (χ2n) is 4.18. The molecule has 0 unspecified atom stereocenters. The van der Waals surface area contributed by atoms with E-state index in [-0.39, 0.29) is 11.6 Å². The molecule has 0 aliphatic rings. The summed E-state index contributed by atoms with van der Waals surface area (Å²) in [5.74, 6) is -0.359. The molecule has 7 heteroatoms. The zero-order valence-electron chi connectivity index (χ0n) is 10.3. The summed E-state index contributed by atoms with van der Waals surface area (Å²) in [4.78, 5) is 11.1. The van der Waals surface area contributed by atoms with Crippen molar-refractivity contribution in [3.05, 3.63) is 23.5 Å². The molecule has 0 bridgehead atoms. The predicted molar refractivity (Wildman–Crippen MR) is 69.7 cm³/mol. The Labute approximate surface area is 108 Å². The Hall–Kier alpha value is -1.89. The number of carboxylic acid groups (broad SMARTS) is 1. The fraction of sp³-hybridized carbons (Fsp3) is 0.364. The van der Waals surface area contributed by atoms with Gasteiger partial charge < -0.3 is 10.4 Å². The fourth-order valence-electron chi connectivity index (χ4n) is 1.52. The van der Waals surface area contributed by atoms with E-state index in [0.717, 1.165) is 11.5 Å². The van der Waals surface area contributed by atoms with Crippen molar-refractivity contribution in [3.8, 4) is 0 Å². The molecule has 0 fully saturated rings. The quantitative estimate of drug-likeness (QED) is 0.889. The molecule has 0 atom stereocenters. The van der Waals surface area contributed by atoms with Crippen LogP contribution in [-0.2, 0) is 0 Å². The Morgan fingerprint density at radius 3 is 2.83 bits per heavy atom. The van der Waals surface area contributed by atoms with E-state index >= 15 is 0 Å². The molecule has 2 N–H and O–H groups in total. The molecule has 0 spiro atoms. The van der Waals surface area contributed by atoms with E-state index < -0.39 is 5.97 Å². The molecular formula is C11H14N4O2S. The van der Waals surface area contributed by atoms with Crippen molar-refractivity contribution in [3.63, 3.8) is 0 Å². The zero-order valence-corrected chi connectivity index (χ0v) is 11.2. The first-order valence-electron chi connectivity index (χ1n) is 5.50. The van der Waals surface area contributed by atoms with Crippen molar-refractivity contribution in [2.75, 3.05) is 5.32 Å². The van der Waals surface area contributed by atoms with E-state index in [1.54, 1.807) is 17.7 Å². The number of nitrogens with zero attached hydrogens (tertiary/aromatic N) is 3. The van der Waals surface area contributed by atoms with Gasteiger partial charge in [-0.15, -0.1) is 0 Å². The van der Waals surface area contributed by atoms with E-state index in [4.69, 9.17) is 5.11 Å². The van der Waals surface area contributed by atoms with Crippen LogP contribution in [0.5, 0.6) is 0 Å². The maximum absolute atomic E-state index is 11.1. The smallest absolute Gasteiger partial charge is 0.340 e. The Morgan fingerprint density at radius 1 is 1.56 bits per heavy atom. The third kappa shape index (κ3) is 2.35. The maximum atomic E-state index is 11.1. The lowest BCUT2D eigenvalue weighted by Gasteiger charge is -2.04. The minimum atomic E-state index is -0.980. The molecule has 6 nitrogen and oxygen atoms in total. The Balaban J connectivity index is 2.26. The first kappa shape index (κ1) is 12.6. The van der Waals surface area contributed by atoms with E-state index in [1.165, 1.54) is 0 Å². The number of aryl methyl sites for hydroxylation is 1. The predicted octanol–water partition coefficient (Wildman–Crippen LogP) is 2.67. The Kier molecular flexibility index (Phi) is 3.33. The summed E-state index contributed by atoms with van der Waals surface area (Å²) in [6, 6.07) is 2.07. The van der Waals surface area contributed by atoms with Gasteiger partial charge in [0.15, 0.2) is 5.82 Å². The summed E-state index contributed by atoms with van der Waals surface area (Å²) >= 11 is 1.13. The number of aromatic nitrogens is 3. The fourth-order valence-corrected chi connectivity index (χ4v) is 2.31. The summed E-state index contributed by atoms with van der Waals surface area (Å²) in [6.45, 7) is 5.73. The third-order valence-electron chi connectivity index (χ3n) is 2.46. The van der Waals surface area contributed by atoms with Crippen molar-refractivity contribution in [1.29, 1.82) is 0 Å². The molecule has 0 saturated heterocycles. The van der Waals surface area contributed by atoms with E-state index in [1.807, 2.05) is 20.0 Å². The number of carbonyl (C=O) groups is 1. The highest BCUT2D eigenvalue weighted by atomic mass is 32.1. The molecule has 2 aromatic heterocycles. The number of rotatable bonds is 4. The topological polar surface area (TPSA) is 80.0 Å². The zero-order chi connectivity index (χ0) is 13.3. The standard InChI is InChI=1S/C11H14N4O2S/c1-6(2)15-5-4-8(13-15)12-10-9(11(16)17)7(3)14-18-10/h4-6H,1-3H3,(H,12,13)(H,16,17). The largest absolute Gasteiger partial charge is 0.478 e. The van der Waals surface area contributed by atoms with Crippen molar-refractivity contribution < 1.29 is 9.90 Å². The van der Waals surface area contributed by atoms with Gasteiger partial charge in [-0.3, -0.25) is 4.68 Å². The minimum Gasteiger partial charge on any atom is -0.478 e. The minimum absolute atomic E-state index is 0.207. The van der Waals surface area contributed by atoms with Gasteiger partial charge in [0.25, 0.3) is 0 Å². The van der Waals surface area contributed by atoms with Crippen molar-refractivity contribution in [2.45, 2.75) is 26.8 Å². The third-order valence-corrected chi connectivity index (χ3v) is 3.31. The number of nitrogens with one attached hydrogen (secondary N) is 1. The summed E-state index contributed by atoms with van der Waals surface area (Å²) in [5, 5.41) is 16.9. The van der Waals surface area contributed by atoms with Gasteiger partial charge in [0.05, 0.1) is 5.69 Å². The summed E-state index contributed by atoms with van der Waals surface area (Å²) in [7, 11) is 0. The highest BCUT2D eigenvalue weighted by Gasteiger charge is 2.18. The normalized spacial score (nSPS) is 10.9. The van der Waals surface area contributed by atoms with E-state index in [9.17, 15) is 4.79 Å². The number of hydrogen-bond donors (Lipinski definition) is 2. The molecule has 0 saturated carbocycles. The SMILES string of the molecule is Cc1nsc(Nc2ccn(C(C)C)n2)c1C(=O)O. The van der Waals surface area contributed by atoms with Gasteiger partial charge in [-0.2, -0.15) is 9.47 Å². The molecule has 2 rings (SSSR count). The van der Waals surface area contributed by atoms with Crippen LogP contribution in [0.1, 0.15) is 35.9 Å². The van der Waals surface area contributed by atoms with Gasteiger partial charge in [-0.1, -0.05) is 0 Å². The molecule has 2 aromatic rings. The molecule has 0 aliphatic heterocycles. The average Bonchev–Trinajstić information content (AvgIpc) is 2.86. The second kappa shape index (κ2) is 4.77. The van der Waals surface area contributed by atoms with Crippen LogP contribution in [0.25, 0.3) is 0 Å². The lowest BCUT2D eigenvalue weighted by molar-refractivity contribution is 0.0697. The van der Waals surface area contributed by atoms with Crippen LogP contribution >= 0.6 is 11.5 Å². The van der Waals surface area contributed by atoms with Crippen LogP contribution in [0.2, 0.25) is 0 Å². The van der Waals surface area contributed by atoms with Crippen molar-refractivity contribution in [1.82, 2.24) is 14.2 Å². The highest BCUT2D eigenvalue weighted by Crippen LogP contribution is 2.27. The molecule has 0 amide bonds. The summed E-state index contributed by atoms with van der Waals surface area (Å²) in [6.07, 6.45) is 1.85. The second-order valence-corrected chi connectivity index (χ2v) is 4.95. The van der Waals surface area contributed by atoms with Gasteiger partial charge in [0, 0.05) is 18.3 Å². The summed E-state index contributed by atoms with van der Waals surface area (Å²) in [5.41, 5.74) is 0.720. The first-order valence-corrected chi connectivity index (χ1v) is 6.28. The maximum Gasteiger partial charge on any atom is 0.340 e. The molecule has 0 aliphatic carbocycles. The average molecular weight is 266 g/mol. The van der Waals surface area contributed by atoms with Crippen molar-refractivity contribution >= 4 is 28.3 Å². The molecule has 18 heavy (non-hydrogen) atoms. The van der Waals surface area contributed by atoms with Gasteiger partial charge in [-0.25, -0.2) is 4.79 Å². The number of aromatic carboxylic acids is 1. The monoisotopic (exact) mass is 266 g/mol. The molecule has 2 heterocycles. The van der Waals surface area contributed by atoms with Crippen LogP contribution in [0.3, 0.4) is 0 Å². The number of anilines is 2. The first-order chi connectivity index (χ1) is 8.49. The lowest BCUT2D eigenvalue weighted by Crippen LogP contribution is -2.03. The van der Waals surface area contributed by atoms with Crippen LogP contribution in [0.4, 0.5) is 10.8 Å². The Morgan fingerprint density at radius 2 is 2.28 bits per heavy atom. The van der Waals surface area contributed by atoms with Crippen LogP contribution < -0.4 is 5.32 Å². The van der Waals surface area contributed by atoms with E-state index in [2.05, 4.69) is 14.8 Å². The van der Waals surface area contributed by atoms with Crippen LogP contribution in [0.15, 0.2) is 12.3 Å². The van der Waals surface area contributed by atoms with Gasteiger partial charge in [0.2, 0.25) is 0 Å².